The van der Waals surface area contributed by atoms with E-state index in [4.69, 9.17) is 0 Å². The van der Waals surface area contributed by atoms with Gasteiger partial charge in [-0.05, 0) is 24.9 Å². The van der Waals surface area contributed by atoms with Gasteiger partial charge in [0.2, 0.25) is 0 Å². The summed E-state index contributed by atoms with van der Waals surface area (Å²) in [6.45, 7) is 3.86. The average molecular weight is 190 g/mol. The van der Waals surface area contributed by atoms with Crippen LogP contribution in [-0.2, 0) is 10.8 Å². The maximum Gasteiger partial charge on any atom is 0.135 e. The van der Waals surface area contributed by atoms with Gasteiger partial charge >= 0.3 is 0 Å². The van der Waals surface area contributed by atoms with Crippen LogP contribution in [-0.4, -0.2) is 19.5 Å². The Morgan fingerprint density at radius 2 is 2.36 bits per heavy atom. The predicted molar refractivity (Wildman–Crippen MR) is 46.2 cm³/mol. The van der Waals surface area contributed by atoms with Gasteiger partial charge in [0.15, 0.2) is 0 Å². The summed E-state index contributed by atoms with van der Waals surface area (Å²) in [6, 6.07) is 0. The number of rotatable bonds is 3. The van der Waals surface area contributed by atoms with Crippen molar-refractivity contribution in [3.8, 4) is 0 Å². The van der Waals surface area contributed by atoms with Crippen LogP contribution in [0.5, 0.6) is 0 Å². The van der Waals surface area contributed by atoms with Crippen molar-refractivity contribution < 1.29 is 4.21 Å². The van der Waals surface area contributed by atoms with E-state index in [2.05, 4.69) is 9.59 Å². The van der Waals surface area contributed by atoms with E-state index in [0.717, 1.165) is 16.3 Å². The standard InChI is InChI=1S/C6H10N2OS2/c1-3-4-11(9)6-5(2)7-8-10-6/h3-4H2,1-2H3. The lowest BCUT2D eigenvalue weighted by molar-refractivity contribution is 0.682. The molecule has 0 aliphatic carbocycles. The molecule has 0 N–H and O–H groups in total. The molecule has 0 saturated heterocycles. The van der Waals surface area contributed by atoms with Crippen molar-refractivity contribution in [3.63, 3.8) is 0 Å². The Balaban J connectivity index is 2.76. The molecule has 0 bridgehead atoms. The van der Waals surface area contributed by atoms with E-state index in [1.165, 1.54) is 11.5 Å². The number of aromatic nitrogens is 2. The maximum atomic E-state index is 11.4. The third-order valence-electron chi connectivity index (χ3n) is 1.21. The van der Waals surface area contributed by atoms with Crippen LogP contribution in [0.15, 0.2) is 4.21 Å². The molecule has 0 spiro atoms. The molecule has 0 aliphatic rings. The lowest BCUT2D eigenvalue weighted by Gasteiger charge is -1.93. The molecule has 62 valence electrons. The molecule has 0 aromatic carbocycles. The molecule has 0 radical (unpaired) electrons. The van der Waals surface area contributed by atoms with Gasteiger partial charge in [0.1, 0.15) is 4.21 Å². The van der Waals surface area contributed by atoms with Gasteiger partial charge in [-0.3, -0.25) is 4.21 Å². The van der Waals surface area contributed by atoms with Gasteiger partial charge in [0, 0.05) is 5.75 Å². The van der Waals surface area contributed by atoms with Crippen LogP contribution < -0.4 is 0 Å². The normalized spacial score (nSPS) is 13.3. The fraction of sp³-hybridized carbons (Fsp3) is 0.667. The summed E-state index contributed by atoms with van der Waals surface area (Å²) >= 11 is 1.24. The van der Waals surface area contributed by atoms with E-state index in [1.54, 1.807) is 0 Å². The Morgan fingerprint density at radius 3 is 2.82 bits per heavy atom. The Hall–Kier alpha value is -0.290. The molecule has 1 aromatic rings. The van der Waals surface area contributed by atoms with Crippen molar-refractivity contribution in [1.82, 2.24) is 9.59 Å². The quantitative estimate of drug-likeness (QED) is 0.723. The monoisotopic (exact) mass is 190 g/mol. The summed E-state index contributed by atoms with van der Waals surface area (Å²) in [5.41, 5.74) is 0.807. The highest BCUT2D eigenvalue weighted by Gasteiger charge is 2.09. The number of nitrogens with zero attached hydrogens (tertiary/aromatic N) is 2. The lowest BCUT2D eigenvalue weighted by atomic mass is 10.6. The molecule has 0 saturated carbocycles. The van der Waals surface area contributed by atoms with Crippen LogP contribution in [0.3, 0.4) is 0 Å². The third kappa shape index (κ3) is 2.07. The summed E-state index contributed by atoms with van der Waals surface area (Å²) in [4.78, 5) is 0. The van der Waals surface area contributed by atoms with Crippen molar-refractivity contribution in [2.24, 2.45) is 0 Å². The fourth-order valence-electron chi connectivity index (χ4n) is 0.710. The van der Waals surface area contributed by atoms with E-state index in [9.17, 15) is 4.21 Å². The van der Waals surface area contributed by atoms with Gasteiger partial charge in [0.25, 0.3) is 0 Å². The number of aryl methyl sites for hydroxylation is 1. The van der Waals surface area contributed by atoms with E-state index < -0.39 is 10.8 Å². The van der Waals surface area contributed by atoms with Gasteiger partial charge in [-0.1, -0.05) is 11.4 Å². The average Bonchev–Trinajstić information content (AvgIpc) is 2.36. The van der Waals surface area contributed by atoms with Crippen molar-refractivity contribution in [3.05, 3.63) is 5.69 Å². The van der Waals surface area contributed by atoms with Crippen LogP contribution >= 0.6 is 11.5 Å². The smallest absolute Gasteiger partial charge is 0.135 e. The fourth-order valence-corrected chi connectivity index (χ4v) is 2.73. The molecule has 0 fully saturated rings. The van der Waals surface area contributed by atoms with Gasteiger partial charge in [0.05, 0.1) is 16.5 Å². The Morgan fingerprint density at radius 1 is 1.64 bits per heavy atom. The molecule has 0 aliphatic heterocycles. The Bertz CT molecular complexity index is 259. The minimum absolute atomic E-state index is 0.713. The van der Waals surface area contributed by atoms with Gasteiger partial charge in [-0.25, -0.2) is 0 Å². The van der Waals surface area contributed by atoms with Crippen LogP contribution in [0.25, 0.3) is 0 Å². The number of hydrogen-bond acceptors (Lipinski definition) is 4. The van der Waals surface area contributed by atoms with Crippen LogP contribution in [0.1, 0.15) is 19.0 Å². The largest absolute Gasteiger partial charge is 0.253 e. The second-order valence-electron chi connectivity index (χ2n) is 2.20. The zero-order valence-electron chi connectivity index (χ0n) is 6.53. The van der Waals surface area contributed by atoms with Crippen molar-refractivity contribution in [2.75, 3.05) is 5.75 Å². The maximum absolute atomic E-state index is 11.4. The van der Waals surface area contributed by atoms with Crippen molar-refractivity contribution in [1.29, 1.82) is 0 Å². The molecule has 5 heteroatoms. The lowest BCUT2D eigenvalue weighted by Crippen LogP contribution is -1.95. The molecule has 0 amide bonds. The topological polar surface area (TPSA) is 42.9 Å². The highest BCUT2D eigenvalue weighted by Crippen LogP contribution is 2.14. The highest BCUT2D eigenvalue weighted by atomic mass is 32.2. The zero-order valence-corrected chi connectivity index (χ0v) is 8.17. The molecule has 1 atom stereocenters. The Kier molecular flexibility index (Phi) is 3.14. The Labute approximate surface area is 72.5 Å². The SMILES string of the molecule is CCCS(=O)c1snnc1C. The van der Waals surface area contributed by atoms with Gasteiger partial charge < -0.3 is 0 Å². The molecule has 3 nitrogen and oxygen atoms in total. The van der Waals surface area contributed by atoms with Crippen molar-refractivity contribution in [2.45, 2.75) is 24.5 Å². The molecule has 11 heavy (non-hydrogen) atoms. The summed E-state index contributed by atoms with van der Waals surface area (Å²) in [7, 11) is -0.870. The first-order valence-electron chi connectivity index (χ1n) is 3.43. The zero-order chi connectivity index (χ0) is 8.27. The van der Waals surface area contributed by atoms with Crippen LogP contribution in [0.2, 0.25) is 0 Å². The minimum atomic E-state index is -0.870. The van der Waals surface area contributed by atoms with E-state index in [-0.39, 0.29) is 0 Å². The molecule has 1 unspecified atom stereocenters. The van der Waals surface area contributed by atoms with E-state index in [0.29, 0.717) is 5.75 Å². The van der Waals surface area contributed by atoms with Crippen molar-refractivity contribution >= 4 is 22.3 Å². The second-order valence-corrected chi connectivity index (χ2v) is 4.72. The molecule has 1 rings (SSSR count). The summed E-state index contributed by atoms with van der Waals surface area (Å²) < 4.78 is 15.9. The first kappa shape index (κ1) is 8.80. The predicted octanol–water partition coefficient (Wildman–Crippen LogP) is 1.36. The number of hydrogen-bond donors (Lipinski definition) is 0. The summed E-state index contributed by atoms with van der Waals surface area (Å²) in [6.07, 6.45) is 0.934. The highest BCUT2D eigenvalue weighted by molar-refractivity contribution is 7.87. The van der Waals surface area contributed by atoms with E-state index >= 15 is 0 Å². The first-order valence-corrected chi connectivity index (χ1v) is 5.52. The summed E-state index contributed by atoms with van der Waals surface area (Å²) in [5.74, 6) is 0.713. The first-order chi connectivity index (χ1) is 5.25. The van der Waals surface area contributed by atoms with Crippen LogP contribution in [0, 0.1) is 6.92 Å². The van der Waals surface area contributed by atoms with Gasteiger partial charge in [-0.15, -0.1) is 5.10 Å². The molecular weight excluding hydrogens is 180 g/mol. The van der Waals surface area contributed by atoms with Gasteiger partial charge in [-0.2, -0.15) is 0 Å². The molecule has 1 heterocycles. The second kappa shape index (κ2) is 3.92. The minimum Gasteiger partial charge on any atom is -0.253 e. The summed E-state index contributed by atoms with van der Waals surface area (Å²) in [5, 5.41) is 3.80. The molecular formula is C6H10N2OS2. The third-order valence-corrected chi connectivity index (χ3v) is 4.10. The van der Waals surface area contributed by atoms with Crippen LogP contribution in [0.4, 0.5) is 0 Å². The van der Waals surface area contributed by atoms with E-state index in [1.807, 2.05) is 13.8 Å². The molecule has 1 aromatic heterocycles.